The molecule has 0 aliphatic carbocycles. The van der Waals surface area contributed by atoms with Gasteiger partial charge in [-0.25, -0.2) is 8.78 Å². The average Bonchev–Trinajstić information content (AvgIpc) is 2.32. The third-order valence-electron chi connectivity index (χ3n) is 2.36. The monoisotopic (exact) mass is 345 g/mol. The number of carbonyl (C=O) groups is 1. The molecule has 0 saturated heterocycles. The first-order chi connectivity index (χ1) is 8.97. The lowest BCUT2D eigenvalue weighted by Crippen LogP contribution is -2.14. The van der Waals surface area contributed by atoms with Crippen molar-refractivity contribution in [2.24, 2.45) is 0 Å². The van der Waals surface area contributed by atoms with E-state index in [1.165, 1.54) is 18.2 Å². The van der Waals surface area contributed by atoms with E-state index >= 15 is 0 Å². The number of anilines is 1. The van der Waals surface area contributed by atoms with Crippen LogP contribution in [0.2, 0.25) is 5.02 Å². The zero-order valence-corrected chi connectivity index (χ0v) is 11.7. The molecule has 98 valence electrons. The molecule has 2 aromatic carbocycles. The Bertz CT molecular complexity index is 649. The predicted molar refractivity (Wildman–Crippen MR) is 73.5 cm³/mol. The molecule has 0 bridgehead atoms. The van der Waals surface area contributed by atoms with Gasteiger partial charge in [0.1, 0.15) is 11.6 Å². The van der Waals surface area contributed by atoms with E-state index in [0.29, 0.717) is 4.47 Å². The summed E-state index contributed by atoms with van der Waals surface area (Å²) in [6.07, 6.45) is 0. The standard InChI is InChI=1S/C13H7BrClF2NO/c14-7-1-3-9(11(17)5-7)13(19)18-12-4-2-8(16)6-10(12)15/h1-6H,(H,18,19). The van der Waals surface area contributed by atoms with Gasteiger partial charge in [-0.15, -0.1) is 0 Å². The maximum Gasteiger partial charge on any atom is 0.258 e. The van der Waals surface area contributed by atoms with E-state index in [1.54, 1.807) is 6.07 Å². The van der Waals surface area contributed by atoms with Crippen LogP contribution in [0.3, 0.4) is 0 Å². The van der Waals surface area contributed by atoms with Gasteiger partial charge in [-0.05, 0) is 36.4 Å². The van der Waals surface area contributed by atoms with E-state index in [2.05, 4.69) is 21.2 Å². The van der Waals surface area contributed by atoms with E-state index in [0.717, 1.165) is 12.1 Å². The number of hydrogen-bond donors (Lipinski definition) is 1. The summed E-state index contributed by atoms with van der Waals surface area (Å²) in [4.78, 5) is 11.9. The summed E-state index contributed by atoms with van der Waals surface area (Å²) >= 11 is 8.87. The molecule has 1 amide bonds. The fourth-order valence-corrected chi connectivity index (χ4v) is 2.00. The van der Waals surface area contributed by atoms with E-state index < -0.39 is 17.5 Å². The highest BCUT2D eigenvalue weighted by Crippen LogP contribution is 2.24. The van der Waals surface area contributed by atoms with Gasteiger partial charge in [0.2, 0.25) is 0 Å². The number of halogens is 4. The summed E-state index contributed by atoms with van der Waals surface area (Å²) in [6.45, 7) is 0. The lowest BCUT2D eigenvalue weighted by atomic mass is 10.2. The summed E-state index contributed by atoms with van der Waals surface area (Å²) in [5, 5.41) is 2.47. The molecule has 1 N–H and O–H groups in total. The van der Waals surface area contributed by atoms with Crippen molar-refractivity contribution in [2.45, 2.75) is 0 Å². The molecule has 0 saturated carbocycles. The molecule has 19 heavy (non-hydrogen) atoms. The number of carbonyl (C=O) groups excluding carboxylic acids is 1. The molecule has 6 heteroatoms. The molecule has 0 aliphatic rings. The first-order valence-corrected chi connectivity index (χ1v) is 6.36. The van der Waals surface area contributed by atoms with Gasteiger partial charge >= 0.3 is 0 Å². The second-order valence-electron chi connectivity index (χ2n) is 3.70. The fourth-order valence-electron chi connectivity index (χ4n) is 1.45. The highest BCUT2D eigenvalue weighted by molar-refractivity contribution is 9.10. The van der Waals surface area contributed by atoms with Crippen LogP contribution in [0.15, 0.2) is 40.9 Å². The van der Waals surface area contributed by atoms with Crippen LogP contribution in [0.5, 0.6) is 0 Å². The van der Waals surface area contributed by atoms with Crippen molar-refractivity contribution >= 4 is 39.1 Å². The van der Waals surface area contributed by atoms with Crippen molar-refractivity contribution in [3.63, 3.8) is 0 Å². The smallest absolute Gasteiger partial charge is 0.258 e. The Morgan fingerprint density at radius 1 is 1.16 bits per heavy atom. The minimum atomic E-state index is -0.662. The molecule has 0 atom stereocenters. The highest BCUT2D eigenvalue weighted by Gasteiger charge is 2.13. The topological polar surface area (TPSA) is 29.1 Å². The molecule has 0 radical (unpaired) electrons. The summed E-state index contributed by atoms with van der Waals surface area (Å²) in [7, 11) is 0. The Morgan fingerprint density at radius 3 is 2.53 bits per heavy atom. The van der Waals surface area contributed by atoms with E-state index in [9.17, 15) is 13.6 Å². The molecular weight excluding hydrogens is 340 g/mol. The van der Waals surface area contributed by atoms with Crippen molar-refractivity contribution < 1.29 is 13.6 Å². The molecule has 0 unspecified atom stereocenters. The second-order valence-corrected chi connectivity index (χ2v) is 5.03. The minimum Gasteiger partial charge on any atom is -0.321 e. The van der Waals surface area contributed by atoms with Crippen LogP contribution in [-0.2, 0) is 0 Å². The Kier molecular flexibility index (Phi) is 4.17. The summed E-state index contributed by atoms with van der Waals surface area (Å²) < 4.78 is 27.0. The maximum atomic E-state index is 13.6. The molecule has 0 fully saturated rings. The molecular formula is C13H7BrClF2NO. The molecule has 0 aliphatic heterocycles. The molecule has 2 rings (SSSR count). The zero-order chi connectivity index (χ0) is 14.0. The van der Waals surface area contributed by atoms with Gasteiger partial charge < -0.3 is 5.32 Å². The predicted octanol–water partition coefficient (Wildman–Crippen LogP) is 4.63. The first kappa shape index (κ1) is 14.0. The normalized spacial score (nSPS) is 10.3. The van der Waals surface area contributed by atoms with Crippen molar-refractivity contribution in [1.82, 2.24) is 0 Å². The second kappa shape index (κ2) is 5.67. The molecule has 0 spiro atoms. The largest absolute Gasteiger partial charge is 0.321 e. The third-order valence-corrected chi connectivity index (χ3v) is 3.16. The van der Waals surface area contributed by atoms with Gasteiger partial charge in [0, 0.05) is 4.47 Å². The van der Waals surface area contributed by atoms with Gasteiger partial charge in [0.15, 0.2) is 0 Å². The van der Waals surface area contributed by atoms with Gasteiger partial charge in [-0.3, -0.25) is 4.79 Å². The number of amides is 1. The van der Waals surface area contributed by atoms with Crippen molar-refractivity contribution in [2.75, 3.05) is 5.32 Å². The van der Waals surface area contributed by atoms with Crippen LogP contribution in [0.1, 0.15) is 10.4 Å². The quantitative estimate of drug-likeness (QED) is 0.844. The van der Waals surface area contributed by atoms with E-state index in [4.69, 9.17) is 11.6 Å². The molecule has 0 heterocycles. The number of rotatable bonds is 2. The zero-order valence-electron chi connectivity index (χ0n) is 9.38. The van der Waals surface area contributed by atoms with Gasteiger partial charge in [-0.1, -0.05) is 27.5 Å². The minimum absolute atomic E-state index is 0.0471. The number of benzene rings is 2. The Labute approximate surface area is 121 Å². The Balaban J connectivity index is 2.25. The number of nitrogens with one attached hydrogen (secondary N) is 1. The van der Waals surface area contributed by atoms with Crippen LogP contribution in [-0.4, -0.2) is 5.91 Å². The summed E-state index contributed by atoms with van der Waals surface area (Å²) in [5.74, 6) is -1.83. The van der Waals surface area contributed by atoms with Gasteiger partial charge in [0.05, 0.1) is 16.3 Å². The van der Waals surface area contributed by atoms with Crippen molar-refractivity contribution in [3.8, 4) is 0 Å². The number of hydrogen-bond acceptors (Lipinski definition) is 1. The van der Waals surface area contributed by atoms with E-state index in [1.807, 2.05) is 0 Å². The van der Waals surface area contributed by atoms with E-state index in [-0.39, 0.29) is 16.3 Å². The average molecular weight is 347 g/mol. The van der Waals surface area contributed by atoms with Crippen LogP contribution in [0, 0.1) is 11.6 Å². The summed E-state index contributed by atoms with van der Waals surface area (Å²) in [6, 6.07) is 7.60. The van der Waals surface area contributed by atoms with Crippen molar-refractivity contribution in [1.29, 1.82) is 0 Å². The molecule has 2 nitrogen and oxygen atoms in total. The van der Waals surface area contributed by atoms with Crippen LogP contribution in [0.25, 0.3) is 0 Å². The highest BCUT2D eigenvalue weighted by atomic mass is 79.9. The third kappa shape index (κ3) is 3.30. The van der Waals surface area contributed by atoms with Crippen LogP contribution < -0.4 is 5.32 Å². The summed E-state index contributed by atoms with van der Waals surface area (Å²) in [5.41, 5.74) is 0.0963. The Hall–Kier alpha value is -1.46. The fraction of sp³-hybridized carbons (Fsp3) is 0. The first-order valence-electron chi connectivity index (χ1n) is 5.19. The molecule has 0 aromatic heterocycles. The van der Waals surface area contributed by atoms with Gasteiger partial charge in [0.25, 0.3) is 5.91 Å². The lowest BCUT2D eigenvalue weighted by molar-refractivity contribution is 0.102. The van der Waals surface area contributed by atoms with Gasteiger partial charge in [-0.2, -0.15) is 0 Å². The maximum absolute atomic E-state index is 13.6. The van der Waals surface area contributed by atoms with Crippen LogP contribution in [0.4, 0.5) is 14.5 Å². The lowest BCUT2D eigenvalue weighted by Gasteiger charge is -2.08. The Morgan fingerprint density at radius 2 is 1.89 bits per heavy atom. The molecule has 2 aromatic rings. The SMILES string of the molecule is O=C(Nc1ccc(F)cc1Cl)c1ccc(Br)cc1F. The van der Waals surface area contributed by atoms with Crippen molar-refractivity contribution in [3.05, 3.63) is 63.1 Å². The van der Waals surface area contributed by atoms with Crippen LogP contribution >= 0.6 is 27.5 Å².